The third kappa shape index (κ3) is 2.87. The lowest BCUT2D eigenvalue weighted by Crippen LogP contribution is -2.09. The Morgan fingerprint density at radius 2 is 2.17 bits per heavy atom. The zero-order valence-electron chi connectivity index (χ0n) is 9.87. The van der Waals surface area contributed by atoms with Crippen molar-refractivity contribution in [2.75, 3.05) is 7.11 Å². The lowest BCUT2D eigenvalue weighted by molar-refractivity contribution is -0.140. The number of nitrogens with zero attached hydrogens (tertiary/aromatic N) is 1. The van der Waals surface area contributed by atoms with Crippen LogP contribution in [0, 0.1) is 0 Å². The van der Waals surface area contributed by atoms with Gasteiger partial charge in [0.05, 0.1) is 13.5 Å². The molecule has 0 aliphatic carbocycles. The summed E-state index contributed by atoms with van der Waals surface area (Å²) in [5.41, 5.74) is 0.938. The standard InChI is InChI=1S/C13H13NO3S/c1-17-12(16)8-11(13-14-6-7-18-13)9-2-4-10(15)5-3-9/h2-7,11,15H,8H2,1H3/t11-/m1/s1. The summed E-state index contributed by atoms with van der Waals surface area (Å²) in [4.78, 5) is 15.7. The van der Waals surface area contributed by atoms with Gasteiger partial charge in [0.15, 0.2) is 0 Å². The Morgan fingerprint density at radius 3 is 2.72 bits per heavy atom. The van der Waals surface area contributed by atoms with E-state index in [2.05, 4.69) is 4.98 Å². The van der Waals surface area contributed by atoms with Gasteiger partial charge in [0.25, 0.3) is 0 Å². The van der Waals surface area contributed by atoms with Crippen LogP contribution in [0.4, 0.5) is 0 Å². The number of benzene rings is 1. The van der Waals surface area contributed by atoms with Gasteiger partial charge in [0.1, 0.15) is 10.8 Å². The predicted octanol–water partition coefficient (Wildman–Crippen LogP) is 2.54. The van der Waals surface area contributed by atoms with Gasteiger partial charge in [-0.25, -0.2) is 4.98 Å². The maximum absolute atomic E-state index is 11.5. The van der Waals surface area contributed by atoms with Crippen LogP contribution in [-0.4, -0.2) is 23.2 Å². The number of methoxy groups -OCH3 is 1. The van der Waals surface area contributed by atoms with E-state index in [9.17, 15) is 9.90 Å². The van der Waals surface area contributed by atoms with Gasteiger partial charge in [-0.2, -0.15) is 0 Å². The van der Waals surface area contributed by atoms with Gasteiger partial charge >= 0.3 is 5.97 Å². The van der Waals surface area contributed by atoms with E-state index < -0.39 is 0 Å². The van der Waals surface area contributed by atoms with Crippen molar-refractivity contribution in [2.24, 2.45) is 0 Å². The van der Waals surface area contributed by atoms with Crippen molar-refractivity contribution in [3.05, 3.63) is 46.4 Å². The summed E-state index contributed by atoms with van der Waals surface area (Å²) in [5, 5.41) is 12.0. The SMILES string of the molecule is COC(=O)C[C@H](c1ccc(O)cc1)c1nccs1. The van der Waals surface area contributed by atoms with Crippen LogP contribution in [0.2, 0.25) is 0 Å². The lowest BCUT2D eigenvalue weighted by Gasteiger charge is -2.13. The number of ether oxygens (including phenoxy) is 1. The van der Waals surface area contributed by atoms with Gasteiger partial charge in [-0.1, -0.05) is 12.1 Å². The van der Waals surface area contributed by atoms with Crippen molar-refractivity contribution in [1.29, 1.82) is 0 Å². The highest BCUT2D eigenvalue weighted by Crippen LogP contribution is 2.30. The molecule has 0 spiro atoms. The van der Waals surface area contributed by atoms with Crippen LogP contribution in [0.5, 0.6) is 5.75 Å². The number of hydrogen-bond acceptors (Lipinski definition) is 5. The van der Waals surface area contributed by atoms with Gasteiger partial charge in [-0.05, 0) is 17.7 Å². The van der Waals surface area contributed by atoms with Gasteiger partial charge in [0.2, 0.25) is 0 Å². The molecule has 0 amide bonds. The smallest absolute Gasteiger partial charge is 0.306 e. The molecule has 2 rings (SSSR count). The van der Waals surface area contributed by atoms with E-state index in [0.29, 0.717) is 0 Å². The van der Waals surface area contributed by atoms with E-state index in [0.717, 1.165) is 10.6 Å². The fraction of sp³-hybridized carbons (Fsp3) is 0.231. The number of carbonyl (C=O) groups excluding carboxylic acids is 1. The van der Waals surface area contributed by atoms with E-state index in [1.807, 2.05) is 5.38 Å². The van der Waals surface area contributed by atoms with Gasteiger partial charge in [-0.3, -0.25) is 4.79 Å². The van der Waals surface area contributed by atoms with Crippen LogP contribution in [-0.2, 0) is 9.53 Å². The third-order valence-corrected chi connectivity index (χ3v) is 3.53. The van der Waals surface area contributed by atoms with Crippen LogP contribution in [0.25, 0.3) is 0 Å². The van der Waals surface area contributed by atoms with Crippen molar-refractivity contribution in [2.45, 2.75) is 12.3 Å². The second-order valence-corrected chi connectivity index (χ2v) is 4.72. The Hall–Kier alpha value is -1.88. The number of aromatic hydroxyl groups is 1. The highest BCUT2D eigenvalue weighted by Gasteiger charge is 2.20. The summed E-state index contributed by atoms with van der Waals surface area (Å²) < 4.78 is 4.71. The Balaban J connectivity index is 2.30. The van der Waals surface area contributed by atoms with E-state index in [-0.39, 0.29) is 24.1 Å². The van der Waals surface area contributed by atoms with E-state index in [1.165, 1.54) is 18.4 Å². The number of aromatic nitrogens is 1. The Kier molecular flexibility index (Phi) is 3.94. The summed E-state index contributed by atoms with van der Waals surface area (Å²) in [7, 11) is 1.37. The quantitative estimate of drug-likeness (QED) is 0.861. The van der Waals surface area contributed by atoms with Crippen LogP contribution in [0.3, 0.4) is 0 Å². The van der Waals surface area contributed by atoms with Crippen molar-refractivity contribution in [3.8, 4) is 5.75 Å². The first-order chi connectivity index (χ1) is 8.70. The highest BCUT2D eigenvalue weighted by molar-refractivity contribution is 7.09. The normalized spacial score (nSPS) is 12.1. The minimum Gasteiger partial charge on any atom is -0.508 e. The van der Waals surface area contributed by atoms with Crippen molar-refractivity contribution < 1.29 is 14.6 Å². The molecule has 5 heteroatoms. The summed E-state index contributed by atoms with van der Waals surface area (Å²) in [6, 6.07) is 6.80. The summed E-state index contributed by atoms with van der Waals surface area (Å²) in [5.74, 6) is -0.198. The molecule has 0 unspecified atom stereocenters. The zero-order valence-corrected chi connectivity index (χ0v) is 10.7. The fourth-order valence-corrected chi connectivity index (χ4v) is 2.48. The Labute approximate surface area is 109 Å². The van der Waals surface area contributed by atoms with E-state index in [4.69, 9.17) is 4.74 Å². The molecule has 0 radical (unpaired) electrons. The molecule has 1 aromatic heterocycles. The number of carbonyl (C=O) groups is 1. The van der Waals surface area contributed by atoms with Crippen LogP contribution >= 0.6 is 11.3 Å². The van der Waals surface area contributed by atoms with Gasteiger partial charge < -0.3 is 9.84 Å². The molecule has 0 aliphatic heterocycles. The average Bonchev–Trinajstić information content (AvgIpc) is 2.90. The molecule has 1 heterocycles. The minimum atomic E-state index is -0.275. The van der Waals surface area contributed by atoms with Crippen LogP contribution < -0.4 is 0 Å². The summed E-state index contributed by atoms with van der Waals surface area (Å²) in [6.07, 6.45) is 1.96. The van der Waals surface area contributed by atoms with Crippen LogP contribution in [0.1, 0.15) is 22.9 Å². The zero-order chi connectivity index (χ0) is 13.0. The number of phenolic OH excluding ortho intramolecular Hbond substituents is 1. The molecule has 2 aromatic rings. The predicted molar refractivity (Wildman–Crippen MR) is 68.7 cm³/mol. The molecule has 0 aliphatic rings. The lowest BCUT2D eigenvalue weighted by atomic mass is 9.96. The third-order valence-electron chi connectivity index (χ3n) is 2.64. The second-order valence-electron chi connectivity index (χ2n) is 3.79. The second kappa shape index (κ2) is 5.64. The highest BCUT2D eigenvalue weighted by atomic mass is 32.1. The summed E-state index contributed by atoms with van der Waals surface area (Å²) >= 11 is 1.50. The monoisotopic (exact) mass is 263 g/mol. The first-order valence-electron chi connectivity index (χ1n) is 5.46. The largest absolute Gasteiger partial charge is 0.508 e. The van der Waals surface area contributed by atoms with Crippen molar-refractivity contribution >= 4 is 17.3 Å². The molecule has 1 aromatic carbocycles. The molecule has 0 fully saturated rings. The molecular formula is C13H13NO3S. The van der Waals surface area contributed by atoms with Gasteiger partial charge in [-0.15, -0.1) is 11.3 Å². The van der Waals surface area contributed by atoms with Crippen LogP contribution in [0.15, 0.2) is 35.8 Å². The number of hydrogen-bond donors (Lipinski definition) is 1. The Bertz CT molecular complexity index is 508. The number of esters is 1. The number of rotatable bonds is 4. The van der Waals surface area contributed by atoms with Crippen molar-refractivity contribution in [3.63, 3.8) is 0 Å². The summed E-state index contributed by atoms with van der Waals surface area (Å²) in [6.45, 7) is 0. The molecule has 0 saturated heterocycles. The van der Waals surface area contributed by atoms with E-state index >= 15 is 0 Å². The molecule has 0 saturated carbocycles. The fourth-order valence-electron chi connectivity index (χ4n) is 1.71. The molecule has 18 heavy (non-hydrogen) atoms. The first-order valence-corrected chi connectivity index (χ1v) is 6.34. The molecule has 94 valence electrons. The van der Waals surface area contributed by atoms with E-state index in [1.54, 1.807) is 30.5 Å². The first kappa shape index (κ1) is 12.6. The average molecular weight is 263 g/mol. The molecule has 1 atom stereocenters. The number of thiazole rings is 1. The molecule has 1 N–H and O–H groups in total. The molecule has 0 bridgehead atoms. The number of phenols is 1. The molecular weight excluding hydrogens is 250 g/mol. The Morgan fingerprint density at radius 1 is 1.44 bits per heavy atom. The molecule has 4 nitrogen and oxygen atoms in total. The topological polar surface area (TPSA) is 59.4 Å². The maximum Gasteiger partial charge on any atom is 0.306 e. The minimum absolute atomic E-state index is 0.127. The maximum atomic E-state index is 11.5. The van der Waals surface area contributed by atoms with Crippen molar-refractivity contribution in [1.82, 2.24) is 4.98 Å². The van der Waals surface area contributed by atoms with Gasteiger partial charge in [0, 0.05) is 17.5 Å².